The van der Waals surface area contributed by atoms with E-state index in [0.29, 0.717) is 0 Å². The molecule has 0 bridgehead atoms. The summed E-state index contributed by atoms with van der Waals surface area (Å²) in [6, 6.07) is 8.21. The molecule has 76 valence electrons. The molecular weight excluding hydrogens is 174 g/mol. The summed E-state index contributed by atoms with van der Waals surface area (Å²) in [5, 5.41) is 3.48. The summed E-state index contributed by atoms with van der Waals surface area (Å²) in [7, 11) is 0. The average molecular weight is 191 g/mol. The number of anilines is 1. The standard InChI is InChI=1S/C11H17N3/c1-3-14(4-2)11-7-5-10(6-8-11)9-13-12/h5-9H,3-4,12H2,1-2H3. The van der Waals surface area contributed by atoms with Crippen LogP contribution in [0.5, 0.6) is 0 Å². The number of hydrazone groups is 1. The molecule has 0 aromatic heterocycles. The third kappa shape index (κ3) is 2.49. The maximum absolute atomic E-state index is 5.07. The summed E-state index contributed by atoms with van der Waals surface area (Å²) in [5.41, 5.74) is 2.27. The molecule has 3 nitrogen and oxygen atoms in total. The zero-order valence-corrected chi connectivity index (χ0v) is 8.77. The molecule has 0 aliphatic carbocycles. The van der Waals surface area contributed by atoms with Gasteiger partial charge in [0.05, 0.1) is 6.21 Å². The second-order valence-corrected chi connectivity index (χ2v) is 3.04. The van der Waals surface area contributed by atoms with Crippen molar-refractivity contribution >= 4 is 11.9 Å². The molecule has 0 amide bonds. The smallest absolute Gasteiger partial charge is 0.0538 e. The lowest BCUT2D eigenvalue weighted by Crippen LogP contribution is -2.21. The quantitative estimate of drug-likeness (QED) is 0.448. The van der Waals surface area contributed by atoms with E-state index in [2.05, 4.69) is 36.0 Å². The second-order valence-electron chi connectivity index (χ2n) is 3.04. The van der Waals surface area contributed by atoms with Crippen LogP contribution in [0.25, 0.3) is 0 Å². The fourth-order valence-electron chi connectivity index (χ4n) is 1.45. The molecule has 0 radical (unpaired) electrons. The van der Waals surface area contributed by atoms with Crippen LogP contribution in [0.1, 0.15) is 19.4 Å². The molecule has 1 aromatic carbocycles. The van der Waals surface area contributed by atoms with E-state index < -0.39 is 0 Å². The van der Waals surface area contributed by atoms with Gasteiger partial charge < -0.3 is 10.7 Å². The van der Waals surface area contributed by atoms with Crippen molar-refractivity contribution in [2.75, 3.05) is 18.0 Å². The zero-order chi connectivity index (χ0) is 10.4. The molecular formula is C11H17N3. The van der Waals surface area contributed by atoms with Crippen molar-refractivity contribution < 1.29 is 0 Å². The molecule has 0 aliphatic heterocycles. The van der Waals surface area contributed by atoms with E-state index in [1.165, 1.54) is 5.69 Å². The number of hydrogen-bond acceptors (Lipinski definition) is 3. The predicted molar refractivity (Wildman–Crippen MR) is 61.8 cm³/mol. The Morgan fingerprint density at radius 3 is 2.21 bits per heavy atom. The maximum Gasteiger partial charge on any atom is 0.0538 e. The Kier molecular flexibility index (Phi) is 3.98. The van der Waals surface area contributed by atoms with Crippen molar-refractivity contribution in [1.82, 2.24) is 0 Å². The van der Waals surface area contributed by atoms with Gasteiger partial charge in [-0.25, -0.2) is 0 Å². The molecule has 0 unspecified atom stereocenters. The van der Waals surface area contributed by atoms with Gasteiger partial charge in [0, 0.05) is 18.8 Å². The van der Waals surface area contributed by atoms with Gasteiger partial charge in [-0.2, -0.15) is 5.10 Å². The summed E-state index contributed by atoms with van der Waals surface area (Å²) in [4.78, 5) is 2.30. The summed E-state index contributed by atoms with van der Waals surface area (Å²) in [6.07, 6.45) is 1.64. The number of hydrogen-bond donors (Lipinski definition) is 1. The van der Waals surface area contributed by atoms with E-state index in [0.717, 1.165) is 18.7 Å². The van der Waals surface area contributed by atoms with Gasteiger partial charge in [-0.1, -0.05) is 12.1 Å². The first-order valence-corrected chi connectivity index (χ1v) is 4.90. The minimum atomic E-state index is 1.03. The van der Waals surface area contributed by atoms with E-state index in [-0.39, 0.29) is 0 Å². The Bertz CT molecular complexity index is 286. The molecule has 0 saturated heterocycles. The van der Waals surface area contributed by atoms with Gasteiger partial charge in [0.2, 0.25) is 0 Å². The van der Waals surface area contributed by atoms with Crippen LogP contribution in [0.15, 0.2) is 29.4 Å². The van der Waals surface area contributed by atoms with Crippen molar-refractivity contribution in [2.45, 2.75) is 13.8 Å². The molecule has 0 fully saturated rings. The van der Waals surface area contributed by atoms with Crippen molar-refractivity contribution in [3.05, 3.63) is 29.8 Å². The van der Waals surface area contributed by atoms with Gasteiger partial charge in [-0.05, 0) is 31.5 Å². The first kappa shape index (κ1) is 10.6. The van der Waals surface area contributed by atoms with Crippen LogP contribution >= 0.6 is 0 Å². The third-order valence-electron chi connectivity index (χ3n) is 2.25. The van der Waals surface area contributed by atoms with Gasteiger partial charge in [-0.3, -0.25) is 0 Å². The molecule has 0 spiro atoms. The molecule has 1 aromatic rings. The molecule has 2 N–H and O–H groups in total. The maximum atomic E-state index is 5.07. The highest BCUT2D eigenvalue weighted by atomic mass is 15.1. The minimum absolute atomic E-state index is 1.03. The van der Waals surface area contributed by atoms with E-state index in [1.807, 2.05) is 12.1 Å². The predicted octanol–water partition coefficient (Wildman–Crippen LogP) is 1.83. The van der Waals surface area contributed by atoms with Crippen LogP contribution in [0.3, 0.4) is 0 Å². The Morgan fingerprint density at radius 1 is 1.21 bits per heavy atom. The van der Waals surface area contributed by atoms with Crippen molar-refractivity contribution in [2.24, 2.45) is 10.9 Å². The van der Waals surface area contributed by atoms with E-state index in [9.17, 15) is 0 Å². The molecule has 0 atom stereocenters. The lowest BCUT2D eigenvalue weighted by atomic mass is 10.2. The topological polar surface area (TPSA) is 41.6 Å². The van der Waals surface area contributed by atoms with E-state index >= 15 is 0 Å². The first-order valence-electron chi connectivity index (χ1n) is 4.90. The Labute approximate surface area is 85.2 Å². The molecule has 0 saturated carbocycles. The average Bonchev–Trinajstić information content (AvgIpc) is 2.23. The van der Waals surface area contributed by atoms with Gasteiger partial charge in [-0.15, -0.1) is 0 Å². The fraction of sp³-hybridized carbons (Fsp3) is 0.364. The zero-order valence-electron chi connectivity index (χ0n) is 8.77. The van der Waals surface area contributed by atoms with Crippen molar-refractivity contribution in [3.63, 3.8) is 0 Å². The molecule has 3 heteroatoms. The van der Waals surface area contributed by atoms with Gasteiger partial charge in [0.1, 0.15) is 0 Å². The summed E-state index contributed by atoms with van der Waals surface area (Å²) in [5.74, 6) is 5.07. The van der Waals surface area contributed by atoms with Crippen LogP contribution in [0.2, 0.25) is 0 Å². The van der Waals surface area contributed by atoms with Crippen molar-refractivity contribution in [1.29, 1.82) is 0 Å². The summed E-state index contributed by atoms with van der Waals surface area (Å²) < 4.78 is 0. The third-order valence-corrected chi connectivity index (χ3v) is 2.25. The molecule has 1 rings (SSSR count). The molecule has 0 aliphatic rings. The van der Waals surface area contributed by atoms with Gasteiger partial charge in [0.25, 0.3) is 0 Å². The summed E-state index contributed by atoms with van der Waals surface area (Å²) in [6.45, 7) is 6.36. The Morgan fingerprint density at radius 2 is 1.79 bits per heavy atom. The van der Waals surface area contributed by atoms with Crippen LogP contribution in [-0.2, 0) is 0 Å². The minimum Gasteiger partial charge on any atom is -0.372 e. The lowest BCUT2D eigenvalue weighted by Gasteiger charge is -2.20. The largest absolute Gasteiger partial charge is 0.372 e. The molecule has 0 heterocycles. The SMILES string of the molecule is CCN(CC)c1ccc(C=NN)cc1. The second kappa shape index (κ2) is 5.27. The van der Waals surface area contributed by atoms with Crippen LogP contribution in [0.4, 0.5) is 5.69 Å². The number of nitrogens with two attached hydrogens (primary N) is 1. The number of benzene rings is 1. The highest BCUT2D eigenvalue weighted by molar-refractivity contribution is 5.80. The van der Waals surface area contributed by atoms with Crippen LogP contribution in [-0.4, -0.2) is 19.3 Å². The first-order chi connectivity index (χ1) is 6.81. The van der Waals surface area contributed by atoms with Gasteiger partial charge >= 0.3 is 0 Å². The van der Waals surface area contributed by atoms with E-state index in [1.54, 1.807) is 6.21 Å². The number of nitrogens with zero attached hydrogens (tertiary/aromatic N) is 2. The lowest BCUT2D eigenvalue weighted by molar-refractivity contribution is 0.866. The Balaban J connectivity index is 2.81. The highest BCUT2D eigenvalue weighted by Crippen LogP contribution is 2.13. The van der Waals surface area contributed by atoms with Crippen LogP contribution < -0.4 is 10.7 Å². The monoisotopic (exact) mass is 191 g/mol. The van der Waals surface area contributed by atoms with E-state index in [4.69, 9.17) is 5.84 Å². The highest BCUT2D eigenvalue weighted by Gasteiger charge is 1.99. The summed E-state index contributed by atoms with van der Waals surface area (Å²) >= 11 is 0. The Hall–Kier alpha value is -1.51. The van der Waals surface area contributed by atoms with Crippen LogP contribution in [0, 0.1) is 0 Å². The van der Waals surface area contributed by atoms with Crippen molar-refractivity contribution in [3.8, 4) is 0 Å². The molecule has 14 heavy (non-hydrogen) atoms. The number of rotatable bonds is 4. The normalized spacial score (nSPS) is 10.7. The fourth-order valence-corrected chi connectivity index (χ4v) is 1.45. The van der Waals surface area contributed by atoms with Gasteiger partial charge in [0.15, 0.2) is 0 Å².